The number of hydrogen-bond acceptors (Lipinski definition) is 6. The zero-order valence-corrected chi connectivity index (χ0v) is 15.6. The van der Waals surface area contributed by atoms with E-state index in [-0.39, 0.29) is 11.8 Å². The molecule has 2 aromatic rings. The monoisotopic (exact) mass is 354 g/mol. The molecule has 2 aromatic heterocycles. The number of piperidine rings is 1. The topological polar surface area (TPSA) is 83.0 Å². The van der Waals surface area contributed by atoms with Gasteiger partial charge in [0.15, 0.2) is 0 Å². The molecule has 0 spiro atoms. The number of anilines is 2. The minimum atomic E-state index is 0.132. The molecule has 0 radical (unpaired) electrons. The zero-order chi connectivity index (χ0) is 18.5. The number of carbonyl (C=O) groups is 1. The Morgan fingerprint density at radius 1 is 1.35 bits per heavy atom. The number of aromatic nitrogens is 3. The summed E-state index contributed by atoms with van der Waals surface area (Å²) < 4.78 is 0. The fourth-order valence-electron chi connectivity index (χ4n) is 3.25. The van der Waals surface area contributed by atoms with E-state index < -0.39 is 0 Å². The van der Waals surface area contributed by atoms with Crippen LogP contribution in [0.3, 0.4) is 0 Å². The van der Waals surface area contributed by atoms with E-state index in [1.165, 1.54) is 0 Å². The van der Waals surface area contributed by atoms with Crippen molar-refractivity contribution in [2.45, 2.75) is 32.6 Å². The number of nitrogens with zero attached hydrogens (tertiary/aromatic N) is 4. The molecule has 0 aliphatic carbocycles. The van der Waals surface area contributed by atoms with Gasteiger partial charge < -0.3 is 15.5 Å². The average Bonchev–Trinajstić information content (AvgIpc) is 2.63. The van der Waals surface area contributed by atoms with E-state index in [2.05, 4.69) is 20.6 Å². The number of likely N-dealkylation sites (N-methyl/N-ethyl adjacent to an activating group) is 1. The van der Waals surface area contributed by atoms with Crippen LogP contribution in [0.5, 0.6) is 0 Å². The van der Waals surface area contributed by atoms with Gasteiger partial charge in [-0.05, 0) is 45.4 Å². The van der Waals surface area contributed by atoms with Crippen LogP contribution in [-0.2, 0) is 4.79 Å². The summed E-state index contributed by atoms with van der Waals surface area (Å²) in [4.78, 5) is 27.8. The molecule has 1 atom stereocenters. The van der Waals surface area contributed by atoms with E-state index in [4.69, 9.17) is 4.98 Å². The lowest BCUT2D eigenvalue weighted by Gasteiger charge is -2.32. The minimum absolute atomic E-state index is 0.132. The normalized spacial score (nSPS) is 17.2. The molecule has 2 N–H and O–H groups in total. The highest BCUT2D eigenvalue weighted by atomic mass is 16.2. The molecule has 1 aliphatic rings. The van der Waals surface area contributed by atoms with Gasteiger partial charge in [0, 0.05) is 37.0 Å². The maximum atomic E-state index is 12.2. The number of rotatable bonds is 5. The summed E-state index contributed by atoms with van der Waals surface area (Å²) >= 11 is 0. The van der Waals surface area contributed by atoms with E-state index >= 15 is 0 Å². The van der Waals surface area contributed by atoms with Crippen LogP contribution in [0, 0.1) is 13.8 Å². The SMILES string of the molecule is CNCC(=O)N1CCC[C@@H](c2nc(C)cc(Nc3ncccc3C)n2)C1. The van der Waals surface area contributed by atoms with Crippen molar-refractivity contribution in [3.05, 3.63) is 41.5 Å². The standard InChI is InChI=1S/C19H26N6O/c1-13-6-4-8-21-18(13)23-16-10-14(2)22-19(24-16)15-7-5-9-25(12-15)17(26)11-20-3/h4,6,8,10,15,20H,5,7,9,11-12H2,1-3H3,(H,21,22,23,24)/t15-/m1/s1. The summed E-state index contributed by atoms with van der Waals surface area (Å²) in [5.41, 5.74) is 1.97. The molecule has 1 aliphatic heterocycles. The number of hydrogen-bond donors (Lipinski definition) is 2. The maximum Gasteiger partial charge on any atom is 0.236 e. The molecule has 1 amide bonds. The first-order valence-electron chi connectivity index (χ1n) is 9.03. The van der Waals surface area contributed by atoms with Crippen molar-refractivity contribution in [2.75, 3.05) is 32.0 Å². The Bertz CT molecular complexity index is 778. The molecule has 0 aromatic carbocycles. The van der Waals surface area contributed by atoms with Crippen LogP contribution >= 0.6 is 0 Å². The molecule has 7 heteroatoms. The number of likely N-dealkylation sites (tertiary alicyclic amines) is 1. The lowest BCUT2D eigenvalue weighted by Crippen LogP contribution is -2.43. The maximum absolute atomic E-state index is 12.2. The van der Waals surface area contributed by atoms with Gasteiger partial charge in [-0.1, -0.05) is 6.07 Å². The molecular formula is C19H26N6O. The summed E-state index contributed by atoms with van der Waals surface area (Å²) in [5.74, 6) is 2.63. The lowest BCUT2D eigenvalue weighted by molar-refractivity contribution is -0.131. The van der Waals surface area contributed by atoms with Crippen LogP contribution in [-0.4, -0.2) is 52.4 Å². The molecule has 138 valence electrons. The molecular weight excluding hydrogens is 328 g/mol. The predicted molar refractivity (Wildman–Crippen MR) is 102 cm³/mol. The van der Waals surface area contributed by atoms with Gasteiger partial charge in [-0.25, -0.2) is 15.0 Å². The molecule has 1 fully saturated rings. The Morgan fingerprint density at radius 3 is 2.96 bits per heavy atom. The third-order valence-corrected chi connectivity index (χ3v) is 4.59. The Kier molecular flexibility index (Phi) is 5.78. The Labute approximate surface area is 154 Å². The van der Waals surface area contributed by atoms with Crippen LogP contribution in [0.4, 0.5) is 11.6 Å². The van der Waals surface area contributed by atoms with E-state index in [9.17, 15) is 4.79 Å². The van der Waals surface area contributed by atoms with Gasteiger partial charge >= 0.3 is 0 Å². The first-order chi connectivity index (χ1) is 12.6. The van der Waals surface area contributed by atoms with Crippen LogP contribution in [0.2, 0.25) is 0 Å². The Balaban J connectivity index is 1.79. The molecule has 7 nitrogen and oxygen atoms in total. The van der Waals surface area contributed by atoms with Crippen LogP contribution in [0.1, 0.15) is 35.8 Å². The molecule has 1 saturated heterocycles. The number of pyridine rings is 1. The van der Waals surface area contributed by atoms with Crippen LogP contribution in [0.15, 0.2) is 24.4 Å². The highest BCUT2D eigenvalue weighted by molar-refractivity contribution is 5.78. The highest BCUT2D eigenvalue weighted by Crippen LogP contribution is 2.26. The summed E-state index contributed by atoms with van der Waals surface area (Å²) in [5, 5.41) is 6.22. The number of amides is 1. The number of carbonyl (C=O) groups excluding carboxylic acids is 1. The van der Waals surface area contributed by atoms with Gasteiger partial charge in [0.1, 0.15) is 17.5 Å². The van der Waals surface area contributed by atoms with Crippen LogP contribution < -0.4 is 10.6 Å². The molecule has 3 rings (SSSR count). The molecule has 0 unspecified atom stereocenters. The quantitative estimate of drug-likeness (QED) is 0.856. The van der Waals surface area contributed by atoms with Gasteiger partial charge in [-0.15, -0.1) is 0 Å². The molecule has 3 heterocycles. The third-order valence-electron chi connectivity index (χ3n) is 4.59. The van der Waals surface area contributed by atoms with E-state index in [0.29, 0.717) is 13.1 Å². The molecule has 0 bridgehead atoms. The highest BCUT2D eigenvalue weighted by Gasteiger charge is 2.26. The van der Waals surface area contributed by atoms with Crippen molar-refractivity contribution >= 4 is 17.5 Å². The summed E-state index contributed by atoms with van der Waals surface area (Å²) in [6.07, 6.45) is 3.73. The van der Waals surface area contributed by atoms with Crippen molar-refractivity contribution in [3.8, 4) is 0 Å². The van der Waals surface area contributed by atoms with E-state index in [0.717, 1.165) is 48.1 Å². The van der Waals surface area contributed by atoms with E-state index in [1.807, 2.05) is 36.9 Å². The van der Waals surface area contributed by atoms with Crippen molar-refractivity contribution in [1.29, 1.82) is 0 Å². The molecule has 26 heavy (non-hydrogen) atoms. The number of nitrogens with one attached hydrogen (secondary N) is 2. The first kappa shape index (κ1) is 18.3. The first-order valence-corrected chi connectivity index (χ1v) is 9.03. The largest absolute Gasteiger partial charge is 0.341 e. The van der Waals surface area contributed by atoms with Gasteiger partial charge in [-0.3, -0.25) is 4.79 Å². The fourth-order valence-corrected chi connectivity index (χ4v) is 3.25. The minimum Gasteiger partial charge on any atom is -0.341 e. The van der Waals surface area contributed by atoms with Crippen molar-refractivity contribution in [3.63, 3.8) is 0 Å². The van der Waals surface area contributed by atoms with Gasteiger partial charge in [0.2, 0.25) is 5.91 Å². The van der Waals surface area contributed by atoms with Crippen molar-refractivity contribution in [2.24, 2.45) is 0 Å². The summed E-state index contributed by atoms with van der Waals surface area (Å²) in [6.45, 7) is 5.82. The van der Waals surface area contributed by atoms with Gasteiger partial charge in [0.25, 0.3) is 0 Å². The predicted octanol–water partition coefficient (Wildman–Crippen LogP) is 2.16. The number of aryl methyl sites for hydroxylation is 2. The lowest BCUT2D eigenvalue weighted by atomic mass is 9.97. The zero-order valence-electron chi connectivity index (χ0n) is 15.6. The summed E-state index contributed by atoms with van der Waals surface area (Å²) in [6, 6.07) is 5.84. The third kappa shape index (κ3) is 4.35. The Morgan fingerprint density at radius 2 is 2.19 bits per heavy atom. The summed E-state index contributed by atoms with van der Waals surface area (Å²) in [7, 11) is 1.79. The second kappa shape index (κ2) is 8.23. The van der Waals surface area contributed by atoms with Crippen molar-refractivity contribution < 1.29 is 4.79 Å². The van der Waals surface area contributed by atoms with Crippen LogP contribution in [0.25, 0.3) is 0 Å². The van der Waals surface area contributed by atoms with Crippen molar-refractivity contribution in [1.82, 2.24) is 25.2 Å². The Hall–Kier alpha value is -2.54. The average molecular weight is 354 g/mol. The smallest absolute Gasteiger partial charge is 0.236 e. The van der Waals surface area contributed by atoms with Gasteiger partial charge in [0.05, 0.1) is 6.54 Å². The second-order valence-corrected chi connectivity index (χ2v) is 6.76. The second-order valence-electron chi connectivity index (χ2n) is 6.76. The van der Waals surface area contributed by atoms with E-state index in [1.54, 1.807) is 13.2 Å². The van der Waals surface area contributed by atoms with Gasteiger partial charge in [-0.2, -0.15) is 0 Å². The molecule has 0 saturated carbocycles. The fraction of sp³-hybridized carbons (Fsp3) is 0.474.